The highest BCUT2D eigenvalue weighted by Crippen LogP contribution is 2.23. The van der Waals surface area contributed by atoms with Crippen molar-refractivity contribution >= 4 is 11.8 Å². The smallest absolute Gasteiger partial charge is 0.221 e. The summed E-state index contributed by atoms with van der Waals surface area (Å²) in [6, 6.07) is 0.607. The van der Waals surface area contributed by atoms with Crippen LogP contribution in [0.1, 0.15) is 12.0 Å². The van der Waals surface area contributed by atoms with Crippen LogP contribution in [0.15, 0.2) is 6.20 Å². The van der Waals surface area contributed by atoms with Gasteiger partial charge in [0, 0.05) is 30.9 Å². The van der Waals surface area contributed by atoms with E-state index in [1.807, 2.05) is 6.92 Å². The van der Waals surface area contributed by atoms with Crippen molar-refractivity contribution < 1.29 is 0 Å². The van der Waals surface area contributed by atoms with Crippen LogP contribution in [0.3, 0.4) is 0 Å². The second-order valence-electron chi connectivity index (χ2n) is 4.59. The lowest BCUT2D eigenvalue weighted by Crippen LogP contribution is -2.32. The average Bonchev–Trinajstić information content (AvgIpc) is 2.70. The minimum atomic E-state index is 0.355. The lowest BCUT2D eigenvalue weighted by molar-refractivity contribution is 0.315. The van der Waals surface area contributed by atoms with Gasteiger partial charge in [-0.15, -0.1) is 0 Å². The highest BCUT2D eigenvalue weighted by molar-refractivity contribution is 5.49. The molecule has 16 heavy (non-hydrogen) atoms. The van der Waals surface area contributed by atoms with Crippen LogP contribution in [-0.4, -0.2) is 48.1 Å². The van der Waals surface area contributed by atoms with E-state index in [9.17, 15) is 0 Å². The Bertz CT molecular complexity index is 377. The molecule has 1 unspecified atom stereocenters. The Labute approximate surface area is 96.3 Å². The minimum absolute atomic E-state index is 0.355. The van der Waals surface area contributed by atoms with Crippen molar-refractivity contribution in [1.29, 1.82) is 0 Å². The fraction of sp³-hybridized carbons (Fsp3) is 0.636. The van der Waals surface area contributed by atoms with Gasteiger partial charge in [0.1, 0.15) is 5.82 Å². The topological polar surface area (TPSA) is 58.3 Å². The fourth-order valence-electron chi connectivity index (χ4n) is 2.12. The van der Waals surface area contributed by atoms with E-state index in [1.165, 1.54) is 6.42 Å². The number of nitrogen functional groups attached to an aromatic ring is 1. The summed E-state index contributed by atoms with van der Waals surface area (Å²) in [4.78, 5) is 12.9. The van der Waals surface area contributed by atoms with Crippen molar-refractivity contribution in [3.8, 4) is 0 Å². The molecule has 1 aromatic heterocycles. The van der Waals surface area contributed by atoms with Crippen LogP contribution in [-0.2, 0) is 0 Å². The molecule has 0 spiro atoms. The van der Waals surface area contributed by atoms with Crippen LogP contribution in [0.5, 0.6) is 0 Å². The third-order valence-corrected chi connectivity index (χ3v) is 3.16. The van der Waals surface area contributed by atoms with E-state index in [4.69, 9.17) is 5.73 Å². The molecule has 2 heterocycles. The van der Waals surface area contributed by atoms with Gasteiger partial charge in [-0.25, -0.2) is 4.98 Å². The second kappa shape index (κ2) is 4.25. The van der Waals surface area contributed by atoms with Gasteiger partial charge in [-0.05, 0) is 27.4 Å². The van der Waals surface area contributed by atoms with E-state index < -0.39 is 0 Å². The van der Waals surface area contributed by atoms with Crippen LogP contribution >= 0.6 is 0 Å². The normalized spacial score (nSPS) is 20.8. The quantitative estimate of drug-likeness (QED) is 0.788. The zero-order valence-electron chi connectivity index (χ0n) is 10.1. The van der Waals surface area contributed by atoms with Crippen molar-refractivity contribution in [2.45, 2.75) is 19.4 Å². The molecule has 1 aliphatic heterocycles. The van der Waals surface area contributed by atoms with Crippen molar-refractivity contribution in [1.82, 2.24) is 14.9 Å². The van der Waals surface area contributed by atoms with Crippen molar-refractivity contribution in [2.24, 2.45) is 0 Å². The molecule has 1 aromatic rings. The molecule has 0 saturated carbocycles. The zero-order chi connectivity index (χ0) is 11.7. The predicted molar refractivity (Wildman–Crippen MR) is 65.5 cm³/mol. The predicted octanol–water partition coefficient (Wildman–Crippen LogP) is 0.508. The average molecular weight is 221 g/mol. The number of aromatic nitrogens is 2. The van der Waals surface area contributed by atoms with Gasteiger partial charge in [-0.3, -0.25) is 0 Å². The molecule has 0 amide bonds. The molecule has 1 saturated heterocycles. The third kappa shape index (κ3) is 2.09. The number of rotatable bonds is 2. The Kier molecular flexibility index (Phi) is 2.96. The number of likely N-dealkylation sites (N-methyl/N-ethyl adjacent to an activating group) is 1. The molecule has 1 fully saturated rings. The first-order chi connectivity index (χ1) is 7.58. The van der Waals surface area contributed by atoms with Gasteiger partial charge >= 0.3 is 0 Å². The molecular formula is C11H19N5. The number of nitrogens with zero attached hydrogens (tertiary/aromatic N) is 4. The summed E-state index contributed by atoms with van der Waals surface area (Å²) >= 11 is 0. The molecule has 5 nitrogen and oxygen atoms in total. The maximum absolute atomic E-state index is 5.63. The standard InChI is InChI=1S/C11H19N5/c1-8-6-13-11(12)14-10(8)16-5-4-9(7-16)15(2)3/h6,9H,4-5,7H2,1-3H3,(H2,12,13,14). The Morgan fingerprint density at radius 1 is 1.50 bits per heavy atom. The number of anilines is 2. The van der Waals surface area contributed by atoms with Gasteiger partial charge in [0.2, 0.25) is 5.95 Å². The first-order valence-corrected chi connectivity index (χ1v) is 5.58. The Morgan fingerprint density at radius 2 is 2.25 bits per heavy atom. The minimum Gasteiger partial charge on any atom is -0.368 e. The monoisotopic (exact) mass is 221 g/mol. The molecule has 0 aromatic carbocycles. The molecule has 0 bridgehead atoms. The maximum Gasteiger partial charge on any atom is 0.221 e. The highest BCUT2D eigenvalue weighted by atomic mass is 15.3. The molecule has 2 N–H and O–H groups in total. The molecule has 2 rings (SSSR count). The molecule has 1 aliphatic rings. The van der Waals surface area contributed by atoms with Gasteiger partial charge < -0.3 is 15.5 Å². The maximum atomic E-state index is 5.63. The number of aryl methyl sites for hydroxylation is 1. The van der Waals surface area contributed by atoms with Crippen LogP contribution in [0, 0.1) is 6.92 Å². The molecule has 0 aliphatic carbocycles. The first kappa shape index (κ1) is 11.1. The lowest BCUT2D eigenvalue weighted by Gasteiger charge is -2.22. The molecule has 5 heteroatoms. The number of nitrogens with two attached hydrogens (primary N) is 1. The molecule has 1 atom stereocenters. The lowest BCUT2D eigenvalue weighted by atomic mass is 10.2. The summed E-state index contributed by atoms with van der Waals surface area (Å²) in [7, 11) is 4.24. The van der Waals surface area contributed by atoms with Crippen LogP contribution in [0.2, 0.25) is 0 Å². The summed E-state index contributed by atoms with van der Waals surface area (Å²) in [6.07, 6.45) is 2.97. The van der Waals surface area contributed by atoms with Crippen LogP contribution in [0.4, 0.5) is 11.8 Å². The SMILES string of the molecule is Cc1cnc(N)nc1N1CCC(N(C)C)C1. The summed E-state index contributed by atoms with van der Waals surface area (Å²) in [5, 5.41) is 0. The van der Waals surface area contributed by atoms with E-state index in [-0.39, 0.29) is 0 Å². The Morgan fingerprint density at radius 3 is 2.88 bits per heavy atom. The number of hydrogen-bond donors (Lipinski definition) is 1. The summed E-state index contributed by atoms with van der Waals surface area (Å²) in [6.45, 7) is 4.09. The number of hydrogen-bond acceptors (Lipinski definition) is 5. The summed E-state index contributed by atoms with van der Waals surface area (Å²) in [5.41, 5.74) is 6.72. The summed E-state index contributed by atoms with van der Waals surface area (Å²) in [5.74, 6) is 1.34. The van der Waals surface area contributed by atoms with E-state index in [1.54, 1.807) is 6.20 Å². The van der Waals surface area contributed by atoms with Gasteiger partial charge in [0.05, 0.1) is 0 Å². The van der Waals surface area contributed by atoms with Gasteiger partial charge in [0.25, 0.3) is 0 Å². The molecular weight excluding hydrogens is 202 g/mol. The van der Waals surface area contributed by atoms with Crippen molar-refractivity contribution in [2.75, 3.05) is 37.8 Å². The van der Waals surface area contributed by atoms with Crippen molar-refractivity contribution in [3.63, 3.8) is 0 Å². The van der Waals surface area contributed by atoms with E-state index in [2.05, 4.69) is 33.9 Å². The fourth-order valence-corrected chi connectivity index (χ4v) is 2.12. The van der Waals surface area contributed by atoms with Crippen molar-refractivity contribution in [3.05, 3.63) is 11.8 Å². The van der Waals surface area contributed by atoms with Crippen LogP contribution in [0.25, 0.3) is 0 Å². The van der Waals surface area contributed by atoms with E-state index in [0.29, 0.717) is 12.0 Å². The zero-order valence-corrected chi connectivity index (χ0v) is 10.1. The Balaban J connectivity index is 2.17. The van der Waals surface area contributed by atoms with Crippen LogP contribution < -0.4 is 10.6 Å². The van der Waals surface area contributed by atoms with Gasteiger partial charge in [-0.2, -0.15) is 4.98 Å². The van der Waals surface area contributed by atoms with E-state index >= 15 is 0 Å². The Hall–Kier alpha value is -1.36. The third-order valence-electron chi connectivity index (χ3n) is 3.16. The second-order valence-corrected chi connectivity index (χ2v) is 4.59. The largest absolute Gasteiger partial charge is 0.368 e. The van der Waals surface area contributed by atoms with Gasteiger partial charge in [-0.1, -0.05) is 0 Å². The molecule has 88 valence electrons. The van der Waals surface area contributed by atoms with Gasteiger partial charge in [0.15, 0.2) is 0 Å². The first-order valence-electron chi connectivity index (χ1n) is 5.58. The van der Waals surface area contributed by atoms with E-state index in [0.717, 1.165) is 24.5 Å². The summed E-state index contributed by atoms with van der Waals surface area (Å²) < 4.78 is 0. The highest BCUT2D eigenvalue weighted by Gasteiger charge is 2.25. The molecule has 0 radical (unpaired) electrons.